The Hall–Kier alpha value is -2.84. The van der Waals surface area contributed by atoms with E-state index < -0.39 is 13.2 Å². The van der Waals surface area contributed by atoms with Gasteiger partial charge in [-0.3, -0.25) is 4.79 Å². The second kappa shape index (κ2) is 9.97. The molecule has 5 aliphatic rings. The van der Waals surface area contributed by atoms with E-state index in [2.05, 4.69) is 45.1 Å². The topological polar surface area (TPSA) is 78.4 Å². The summed E-state index contributed by atoms with van der Waals surface area (Å²) >= 11 is 0. The van der Waals surface area contributed by atoms with Crippen molar-refractivity contribution in [3.05, 3.63) is 60.2 Å². The Kier molecular flexibility index (Phi) is 6.75. The first kappa shape index (κ1) is 26.4. The van der Waals surface area contributed by atoms with Gasteiger partial charge in [-0.15, -0.1) is 0 Å². The number of nitrogens with one attached hydrogen (secondary N) is 1. The minimum Gasteiger partial charge on any atom is -0.457 e. The molecule has 2 aromatic rings. The second-order valence-electron chi connectivity index (χ2n) is 12.9. The zero-order chi connectivity index (χ0) is 27.4. The molecule has 2 bridgehead atoms. The predicted octanol–water partition coefficient (Wildman–Crippen LogP) is 5.77. The molecule has 1 saturated heterocycles. The number of hydrogen-bond donors (Lipinski definition) is 1. The summed E-state index contributed by atoms with van der Waals surface area (Å²) in [5.41, 5.74) is 1.62. The number of rotatable bonds is 8. The monoisotopic (exact) mass is 530 g/mol. The van der Waals surface area contributed by atoms with Crippen molar-refractivity contribution in [2.75, 3.05) is 0 Å². The summed E-state index contributed by atoms with van der Waals surface area (Å²) < 4.78 is 19.1. The van der Waals surface area contributed by atoms with E-state index >= 15 is 0 Å². The maximum Gasteiger partial charge on any atom is 0.481 e. The molecule has 6 atom stereocenters. The molecule has 0 spiro atoms. The van der Waals surface area contributed by atoms with E-state index in [4.69, 9.17) is 18.9 Å². The van der Waals surface area contributed by atoms with E-state index in [0.29, 0.717) is 24.2 Å². The van der Waals surface area contributed by atoms with Crippen molar-refractivity contribution in [3.8, 4) is 11.5 Å². The van der Waals surface area contributed by atoms with Gasteiger partial charge in [-0.2, -0.15) is 0 Å². The highest BCUT2D eigenvalue weighted by molar-refractivity contribution is 6.48. The van der Waals surface area contributed by atoms with Crippen molar-refractivity contribution in [1.82, 2.24) is 5.32 Å². The Morgan fingerprint density at radius 3 is 2.49 bits per heavy atom. The third kappa shape index (κ3) is 4.86. The lowest BCUT2D eigenvalue weighted by Gasteiger charge is -2.64. The fraction of sp³-hybridized carbons (Fsp3) is 0.548. The molecule has 3 saturated carbocycles. The van der Waals surface area contributed by atoms with E-state index in [0.717, 1.165) is 35.6 Å². The van der Waals surface area contributed by atoms with Gasteiger partial charge in [-0.25, -0.2) is 0 Å². The Balaban J connectivity index is 1.07. The number of hydrogen-bond acceptors (Lipinski definition) is 6. The van der Waals surface area contributed by atoms with E-state index in [9.17, 15) is 4.79 Å². The maximum absolute atomic E-state index is 13.4. The van der Waals surface area contributed by atoms with E-state index in [1.165, 1.54) is 6.42 Å². The number of carbonyl (C=O) groups excluding carboxylic acids is 1. The summed E-state index contributed by atoms with van der Waals surface area (Å²) in [4.78, 5) is 19.0. The molecule has 0 aromatic heterocycles. The molecular formula is C31H39BN2O5. The molecule has 39 heavy (non-hydrogen) atoms. The van der Waals surface area contributed by atoms with Crippen LogP contribution in [0.3, 0.4) is 0 Å². The van der Waals surface area contributed by atoms with Gasteiger partial charge < -0.3 is 24.2 Å². The molecule has 1 unspecified atom stereocenters. The van der Waals surface area contributed by atoms with Gasteiger partial charge in [0.25, 0.3) is 5.91 Å². The molecule has 3 aliphatic carbocycles. The number of amides is 1. The number of carbonyl (C=O) groups is 1. The van der Waals surface area contributed by atoms with Crippen molar-refractivity contribution in [2.24, 2.45) is 28.3 Å². The summed E-state index contributed by atoms with van der Waals surface area (Å²) in [5, 5.41) is 7.45. The molecule has 4 fully saturated rings. The normalized spacial score (nSPS) is 31.1. The van der Waals surface area contributed by atoms with Crippen LogP contribution in [-0.4, -0.2) is 42.5 Å². The Morgan fingerprint density at radius 2 is 1.79 bits per heavy atom. The van der Waals surface area contributed by atoms with E-state index in [1.54, 1.807) is 0 Å². The largest absolute Gasteiger partial charge is 0.481 e. The van der Waals surface area contributed by atoms with Gasteiger partial charge >= 0.3 is 7.12 Å². The van der Waals surface area contributed by atoms with Crippen molar-refractivity contribution >= 4 is 18.7 Å². The molecule has 1 amide bonds. The molecule has 0 radical (unpaired) electrons. The smallest absolute Gasteiger partial charge is 0.457 e. The quantitative estimate of drug-likeness (QED) is 0.439. The Labute approximate surface area is 231 Å². The van der Waals surface area contributed by atoms with Crippen molar-refractivity contribution in [3.63, 3.8) is 0 Å². The molecule has 2 aromatic carbocycles. The van der Waals surface area contributed by atoms with Gasteiger partial charge in [0.15, 0.2) is 0 Å². The number of para-hydroxylation sites is 1. The minimum atomic E-state index is -0.680. The fourth-order valence-electron chi connectivity index (χ4n) is 7.12. The lowest BCUT2D eigenvalue weighted by Crippen LogP contribution is -2.65. The third-order valence-corrected chi connectivity index (χ3v) is 9.48. The highest BCUT2D eigenvalue weighted by Crippen LogP contribution is 2.65. The predicted molar refractivity (Wildman–Crippen MR) is 150 cm³/mol. The highest BCUT2D eigenvalue weighted by atomic mass is 16.7. The van der Waals surface area contributed by atoms with Crippen LogP contribution in [-0.2, 0) is 18.9 Å². The summed E-state index contributed by atoms with van der Waals surface area (Å²) in [5.74, 6) is 2.62. The van der Waals surface area contributed by atoms with Crippen molar-refractivity contribution in [1.29, 1.82) is 0 Å². The van der Waals surface area contributed by atoms with Gasteiger partial charge in [0.05, 0.1) is 23.4 Å². The van der Waals surface area contributed by atoms with Crippen molar-refractivity contribution in [2.45, 2.75) is 84.1 Å². The van der Waals surface area contributed by atoms with Crippen LogP contribution in [0.5, 0.6) is 11.5 Å². The molecule has 8 heteroatoms. The van der Waals surface area contributed by atoms with Gasteiger partial charge in [-0.1, -0.05) is 51.0 Å². The SMILES string of the molecule is CC(C)C[C@H](NC(=O)C1CC(c2ccc(Oc3ccccc3)cc2)=NO1)B1O[C@@H]2C[C@@H]3C[C@@H](C3(C)C)[C@]2(C)O1. The highest BCUT2D eigenvalue weighted by Gasteiger charge is 2.68. The zero-order valence-electron chi connectivity index (χ0n) is 23.6. The van der Waals surface area contributed by atoms with Gasteiger partial charge in [0, 0.05) is 6.42 Å². The average molecular weight is 530 g/mol. The Bertz CT molecular complexity index is 1230. The van der Waals surface area contributed by atoms with Crippen molar-refractivity contribution < 1.29 is 23.7 Å². The molecule has 2 heterocycles. The first-order valence-corrected chi connectivity index (χ1v) is 14.3. The number of benzene rings is 2. The summed E-state index contributed by atoms with van der Waals surface area (Å²) in [6, 6.07) is 17.3. The molecule has 2 aliphatic heterocycles. The summed E-state index contributed by atoms with van der Waals surface area (Å²) in [7, 11) is -0.458. The first-order valence-electron chi connectivity index (χ1n) is 14.3. The number of oxime groups is 1. The number of ether oxygens (including phenoxy) is 1. The Morgan fingerprint density at radius 1 is 1.08 bits per heavy atom. The molecule has 7 nitrogen and oxygen atoms in total. The summed E-state index contributed by atoms with van der Waals surface area (Å²) in [6.07, 6.45) is 2.80. The zero-order valence-corrected chi connectivity index (χ0v) is 23.6. The van der Waals surface area contributed by atoms with Gasteiger partial charge in [-0.05, 0) is 91.3 Å². The van der Waals surface area contributed by atoms with Crippen LogP contribution in [0, 0.1) is 23.2 Å². The molecule has 1 N–H and O–H groups in total. The minimum absolute atomic E-state index is 0.0809. The molecule has 7 rings (SSSR count). The summed E-state index contributed by atoms with van der Waals surface area (Å²) in [6.45, 7) is 11.2. The van der Waals surface area contributed by atoms with Gasteiger partial charge in [0.1, 0.15) is 11.5 Å². The van der Waals surface area contributed by atoms with Crippen LogP contribution in [0.25, 0.3) is 0 Å². The average Bonchev–Trinajstić information content (AvgIpc) is 3.54. The van der Waals surface area contributed by atoms with Crippen LogP contribution in [0.15, 0.2) is 59.8 Å². The lowest BCUT2D eigenvalue weighted by atomic mass is 9.43. The fourth-order valence-corrected chi connectivity index (χ4v) is 7.12. The van der Waals surface area contributed by atoms with Crippen LogP contribution in [0.1, 0.15) is 65.9 Å². The van der Waals surface area contributed by atoms with Crippen LogP contribution in [0.4, 0.5) is 0 Å². The third-order valence-electron chi connectivity index (χ3n) is 9.48. The van der Waals surface area contributed by atoms with Crippen LogP contribution in [0.2, 0.25) is 0 Å². The van der Waals surface area contributed by atoms with Gasteiger partial charge in [0.2, 0.25) is 6.10 Å². The van der Waals surface area contributed by atoms with Crippen LogP contribution >= 0.6 is 0 Å². The second-order valence-corrected chi connectivity index (χ2v) is 12.9. The molecular weight excluding hydrogens is 491 g/mol. The first-order chi connectivity index (χ1) is 18.6. The van der Waals surface area contributed by atoms with E-state index in [1.807, 2.05) is 54.6 Å². The van der Waals surface area contributed by atoms with Crippen LogP contribution < -0.4 is 10.1 Å². The lowest BCUT2D eigenvalue weighted by molar-refractivity contribution is -0.199. The van der Waals surface area contributed by atoms with E-state index in [-0.39, 0.29) is 29.0 Å². The maximum atomic E-state index is 13.4. The molecule has 206 valence electrons. The standard InChI is InChI=1S/C31H39BN2O5/c1-19(2)15-28(32-37-27-17-21-16-26(30(21,3)4)31(27,5)39-32)33-29(35)25-18-24(34-38-25)20-11-13-23(14-12-20)36-22-9-7-6-8-10-22/h6-14,19,21,25-28H,15-18H2,1-5H3,(H,33,35)/t21-,25?,26-,27+,28-,31-/m0/s1. The number of nitrogens with zero attached hydrogens (tertiary/aromatic N) is 1.